The molecule has 0 radical (unpaired) electrons. The smallest absolute Gasteiger partial charge is 0.0744 e. The zero-order chi connectivity index (χ0) is 12.5. The number of aryl methyl sites for hydroxylation is 2. The molecule has 0 bridgehead atoms. The lowest BCUT2D eigenvalue weighted by atomic mass is 9.97. The van der Waals surface area contributed by atoms with E-state index < -0.39 is 0 Å². The van der Waals surface area contributed by atoms with E-state index in [1.807, 2.05) is 23.7 Å². The molecule has 0 saturated carbocycles. The highest BCUT2D eigenvalue weighted by atomic mass is 35.5. The monoisotopic (exact) mass is 277 g/mol. The Bertz CT molecular complexity index is 513. The van der Waals surface area contributed by atoms with Crippen molar-refractivity contribution < 1.29 is 0 Å². The molecule has 1 aliphatic rings. The van der Waals surface area contributed by atoms with E-state index in [0.717, 1.165) is 0 Å². The zero-order valence-electron chi connectivity index (χ0n) is 10.4. The van der Waals surface area contributed by atoms with Gasteiger partial charge in [-0.15, -0.1) is 22.9 Å². The van der Waals surface area contributed by atoms with Crippen LogP contribution >= 0.6 is 22.9 Å². The third-order valence-corrected chi connectivity index (χ3v) is 5.77. The predicted molar refractivity (Wildman–Crippen MR) is 77.6 cm³/mol. The topological polar surface area (TPSA) is 12.9 Å². The van der Waals surface area contributed by atoms with Crippen LogP contribution in [0.5, 0.6) is 0 Å². The molecule has 3 heteroatoms. The number of rotatable bonds is 3. The van der Waals surface area contributed by atoms with Crippen molar-refractivity contribution in [2.75, 3.05) is 0 Å². The van der Waals surface area contributed by atoms with Gasteiger partial charge < -0.3 is 0 Å². The van der Waals surface area contributed by atoms with Crippen molar-refractivity contribution in [1.29, 1.82) is 0 Å². The number of aromatic nitrogens is 1. The molecule has 3 rings (SSSR count). The van der Waals surface area contributed by atoms with E-state index in [0.29, 0.717) is 5.92 Å². The molecule has 0 spiro atoms. The molecule has 0 amide bonds. The molecule has 2 heterocycles. The predicted octanol–water partition coefficient (Wildman–Crippen LogP) is 4.72. The maximum Gasteiger partial charge on any atom is 0.0744 e. The minimum atomic E-state index is 0.0722. The summed E-state index contributed by atoms with van der Waals surface area (Å²) in [6.07, 6.45) is 7.47. The highest BCUT2D eigenvalue weighted by Gasteiger charge is 2.23. The first-order valence-electron chi connectivity index (χ1n) is 6.41. The van der Waals surface area contributed by atoms with Crippen molar-refractivity contribution >= 4 is 22.9 Å². The fraction of sp³-hybridized carbons (Fsp3) is 0.400. The number of alkyl halides is 1. The van der Waals surface area contributed by atoms with Crippen LogP contribution in [0.25, 0.3) is 0 Å². The molecule has 94 valence electrons. The van der Waals surface area contributed by atoms with Gasteiger partial charge in [0.1, 0.15) is 0 Å². The molecule has 0 fully saturated rings. The lowest BCUT2D eigenvalue weighted by molar-refractivity contribution is 0.739. The van der Waals surface area contributed by atoms with E-state index in [9.17, 15) is 0 Å². The second kappa shape index (κ2) is 5.02. The van der Waals surface area contributed by atoms with Crippen molar-refractivity contribution in [3.63, 3.8) is 0 Å². The third kappa shape index (κ3) is 2.19. The lowest BCUT2D eigenvalue weighted by Crippen LogP contribution is -2.01. The van der Waals surface area contributed by atoms with Crippen LogP contribution in [0.4, 0.5) is 0 Å². The summed E-state index contributed by atoms with van der Waals surface area (Å²) in [6, 6.07) is 6.44. The van der Waals surface area contributed by atoms with Crippen molar-refractivity contribution in [3.8, 4) is 0 Å². The van der Waals surface area contributed by atoms with Crippen molar-refractivity contribution in [3.05, 3.63) is 51.5 Å². The minimum absolute atomic E-state index is 0.0722. The van der Waals surface area contributed by atoms with Gasteiger partial charge in [0.2, 0.25) is 0 Å². The number of fused-ring (bicyclic) bond motifs is 1. The Balaban J connectivity index is 1.83. The Hall–Kier alpha value is -0.860. The Morgan fingerprint density at radius 1 is 1.28 bits per heavy atom. The second-order valence-corrected chi connectivity index (χ2v) is 6.56. The highest BCUT2D eigenvalue weighted by molar-refractivity contribution is 7.12. The summed E-state index contributed by atoms with van der Waals surface area (Å²) in [4.78, 5) is 6.94. The molecule has 0 aromatic carbocycles. The Morgan fingerprint density at radius 2 is 2.06 bits per heavy atom. The summed E-state index contributed by atoms with van der Waals surface area (Å²) < 4.78 is 0. The second-order valence-electron chi connectivity index (χ2n) is 4.92. The van der Waals surface area contributed by atoms with E-state index in [4.69, 9.17) is 11.6 Å². The molecule has 1 aliphatic carbocycles. The average molecular weight is 278 g/mol. The SMILES string of the molecule is CC(c1ccncc1)C(Cl)c1cc2c(s1)CCC2. The van der Waals surface area contributed by atoms with Crippen LogP contribution in [0.2, 0.25) is 0 Å². The maximum absolute atomic E-state index is 6.65. The van der Waals surface area contributed by atoms with Crippen LogP contribution in [-0.2, 0) is 12.8 Å². The molecule has 2 unspecified atom stereocenters. The maximum atomic E-state index is 6.65. The van der Waals surface area contributed by atoms with Gasteiger partial charge in [-0.05, 0) is 48.6 Å². The molecule has 2 aromatic heterocycles. The summed E-state index contributed by atoms with van der Waals surface area (Å²) in [5, 5.41) is 0.0722. The first kappa shape index (κ1) is 12.2. The average Bonchev–Trinajstić information content (AvgIpc) is 2.99. The fourth-order valence-electron chi connectivity index (χ4n) is 2.57. The quantitative estimate of drug-likeness (QED) is 0.740. The number of halogens is 1. The number of hydrogen-bond acceptors (Lipinski definition) is 2. The van der Waals surface area contributed by atoms with Gasteiger partial charge in [-0.25, -0.2) is 0 Å². The first-order valence-corrected chi connectivity index (χ1v) is 7.66. The molecule has 0 aliphatic heterocycles. The van der Waals surface area contributed by atoms with Gasteiger partial charge in [0.05, 0.1) is 5.38 Å². The highest BCUT2D eigenvalue weighted by Crippen LogP contribution is 2.42. The van der Waals surface area contributed by atoms with Gasteiger partial charge in [0.15, 0.2) is 0 Å². The number of thiophene rings is 1. The first-order chi connectivity index (χ1) is 8.75. The normalized spacial score (nSPS) is 17.4. The fourth-order valence-corrected chi connectivity index (χ4v) is 4.25. The third-order valence-electron chi connectivity index (χ3n) is 3.71. The zero-order valence-corrected chi connectivity index (χ0v) is 12.0. The van der Waals surface area contributed by atoms with Crippen molar-refractivity contribution in [2.24, 2.45) is 0 Å². The molecular weight excluding hydrogens is 262 g/mol. The van der Waals surface area contributed by atoms with E-state index in [-0.39, 0.29) is 5.38 Å². The Kier molecular flexibility index (Phi) is 3.40. The number of pyridine rings is 1. The van der Waals surface area contributed by atoms with Gasteiger partial charge in [0, 0.05) is 28.1 Å². The van der Waals surface area contributed by atoms with Crippen LogP contribution in [0, 0.1) is 0 Å². The number of nitrogens with zero attached hydrogens (tertiary/aromatic N) is 1. The summed E-state index contributed by atoms with van der Waals surface area (Å²) in [7, 11) is 0. The summed E-state index contributed by atoms with van der Waals surface area (Å²) in [5.74, 6) is 0.327. The van der Waals surface area contributed by atoms with Crippen LogP contribution in [-0.4, -0.2) is 4.98 Å². The number of hydrogen-bond donors (Lipinski definition) is 0. The molecule has 2 atom stereocenters. The Morgan fingerprint density at radius 3 is 2.78 bits per heavy atom. The molecule has 0 saturated heterocycles. The molecule has 2 aromatic rings. The van der Waals surface area contributed by atoms with Gasteiger partial charge in [-0.1, -0.05) is 6.92 Å². The molecule has 1 nitrogen and oxygen atoms in total. The van der Waals surface area contributed by atoms with Gasteiger partial charge in [0.25, 0.3) is 0 Å². The van der Waals surface area contributed by atoms with Crippen LogP contribution in [0.3, 0.4) is 0 Å². The van der Waals surface area contributed by atoms with Crippen LogP contribution < -0.4 is 0 Å². The van der Waals surface area contributed by atoms with Crippen molar-refractivity contribution in [2.45, 2.75) is 37.5 Å². The molecule has 18 heavy (non-hydrogen) atoms. The van der Waals surface area contributed by atoms with E-state index >= 15 is 0 Å². The lowest BCUT2D eigenvalue weighted by Gasteiger charge is -2.17. The summed E-state index contributed by atoms with van der Waals surface area (Å²) in [6.45, 7) is 2.19. The largest absolute Gasteiger partial charge is 0.265 e. The van der Waals surface area contributed by atoms with Crippen molar-refractivity contribution in [1.82, 2.24) is 4.98 Å². The van der Waals surface area contributed by atoms with Gasteiger partial charge >= 0.3 is 0 Å². The standard InChI is InChI=1S/C15H16ClNS/c1-10(11-5-7-17-8-6-11)15(16)14-9-12-3-2-4-13(12)18-14/h5-10,15H,2-4H2,1H3. The molecule has 0 N–H and O–H groups in total. The van der Waals surface area contributed by atoms with Crippen LogP contribution in [0.1, 0.15) is 45.5 Å². The van der Waals surface area contributed by atoms with Gasteiger partial charge in [-0.2, -0.15) is 0 Å². The van der Waals surface area contributed by atoms with Gasteiger partial charge in [-0.3, -0.25) is 4.98 Å². The van der Waals surface area contributed by atoms with E-state index in [1.54, 1.807) is 4.88 Å². The Labute approximate surface area is 117 Å². The molecular formula is C15H16ClNS. The van der Waals surface area contributed by atoms with E-state index in [2.05, 4.69) is 30.1 Å². The summed E-state index contributed by atoms with van der Waals surface area (Å²) in [5.41, 5.74) is 2.79. The summed E-state index contributed by atoms with van der Waals surface area (Å²) >= 11 is 8.55. The van der Waals surface area contributed by atoms with E-state index in [1.165, 1.54) is 35.3 Å². The minimum Gasteiger partial charge on any atom is -0.265 e. The van der Waals surface area contributed by atoms with Crippen LogP contribution in [0.15, 0.2) is 30.6 Å².